The number of benzene rings is 5. The minimum Gasteiger partial charge on any atom is -0.445 e. The van der Waals surface area contributed by atoms with Gasteiger partial charge in [-0.05, 0) is 65.4 Å². The molecule has 12 heteroatoms. The van der Waals surface area contributed by atoms with Gasteiger partial charge in [-0.15, -0.1) is 0 Å². The number of hydrogen-bond donors (Lipinski definition) is 3. The molecule has 0 aliphatic carbocycles. The van der Waals surface area contributed by atoms with Gasteiger partial charge in [0.05, 0.1) is 9.79 Å². The minimum atomic E-state index is -3.83. The molecule has 52 heavy (non-hydrogen) atoms. The summed E-state index contributed by atoms with van der Waals surface area (Å²) in [4.78, 5) is 26.9. The summed E-state index contributed by atoms with van der Waals surface area (Å²) in [6.45, 7) is 0.146. The Morgan fingerprint density at radius 2 is 1.27 bits per heavy atom. The molecule has 3 N–H and O–H groups in total. The highest BCUT2D eigenvalue weighted by Crippen LogP contribution is 2.19. The minimum absolute atomic E-state index is 0.0136. The van der Waals surface area contributed by atoms with E-state index in [-0.39, 0.29) is 29.4 Å². The van der Waals surface area contributed by atoms with Crippen LogP contribution in [0.2, 0.25) is 0 Å². The van der Waals surface area contributed by atoms with Gasteiger partial charge in [0, 0.05) is 24.4 Å². The lowest BCUT2D eigenvalue weighted by Crippen LogP contribution is -2.50. The number of rotatable bonds is 17. The van der Waals surface area contributed by atoms with Crippen molar-refractivity contribution in [3.8, 4) is 0 Å². The molecule has 5 aromatic rings. The number of carbonyl (C=O) groups excluding carboxylic acids is 2. The number of carbonyl (C=O) groups is 2. The van der Waals surface area contributed by atoms with Gasteiger partial charge in [-0.25, -0.2) is 26.4 Å². The molecule has 0 unspecified atom stereocenters. The number of fused-ring (bicyclic) bond motifs is 1. The van der Waals surface area contributed by atoms with Crippen LogP contribution in [0.1, 0.15) is 30.4 Å². The molecule has 0 spiro atoms. The Kier molecular flexibility index (Phi) is 13.3. The molecule has 0 saturated heterocycles. The molecule has 0 saturated carbocycles. The van der Waals surface area contributed by atoms with Crippen molar-refractivity contribution in [2.75, 3.05) is 6.54 Å². The fourth-order valence-corrected chi connectivity index (χ4v) is 7.67. The van der Waals surface area contributed by atoms with E-state index in [1.54, 1.807) is 36.4 Å². The zero-order valence-electron chi connectivity index (χ0n) is 28.4. The highest BCUT2D eigenvalue weighted by atomic mass is 32.2. The van der Waals surface area contributed by atoms with E-state index in [1.165, 1.54) is 18.2 Å². The Labute approximate surface area is 304 Å². The smallest absolute Gasteiger partial charge is 0.408 e. The average Bonchev–Trinajstić information content (AvgIpc) is 3.16. The molecule has 0 aliphatic rings. The molecule has 5 rings (SSSR count). The lowest BCUT2D eigenvalue weighted by molar-refractivity contribution is -0.123. The van der Waals surface area contributed by atoms with Crippen LogP contribution in [0.25, 0.3) is 10.8 Å². The summed E-state index contributed by atoms with van der Waals surface area (Å²) >= 11 is 0. The molecular weight excluding hydrogens is 699 g/mol. The number of unbranched alkanes of at least 4 members (excludes halogenated alkanes) is 1. The largest absolute Gasteiger partial charge is 0.445 e. The maximum absolute atomic E-state index is 13.8. The summed E-state index contributed by atoms with van der Waals surface area (Å²) in [5.41, 5.74) is 1.58. The van der Waals surface area contributed by atoms with Crippen molar-refractivity contribution in [3.63, 3.8) is 0 Å². The van der Waals surface area contributed by atoms with Crippen LogP contribution in [0, 0.1) is 0 Å². The Balaban J connectivity index is 1.26. The van der Waals surface area contributed by atoms with Gasteiger partial charge in [-0.2, -0.15) is 0 Å². The number of sulfone groups is 1. The molecule has 10 nitrogen and oxygen atoms in total. The Morgan fingerprint density at radius 1 is 0.654 bits per heavy atom. The van der Waals surface area contributed by atoms with Crippen LogP contribution in [-0.2, 0) is 42.4 Å². The van der Waals surface area contributed by atoms with E-state index in [0.717, 1.165) is 27.3 Å². The molecule has 0 fully saturated rings. The fraction of sp³-hybridized carbons (Fsp3) is 0.200. The third-order valence-electron chi connectivity index (χ3n) is 8.26. The van der Waals surface area contributed by atoms with Crippen molar-refractivity contribution in [1.82, 2.24) is 15.4 Å². The average molecular weight is 740 g/mol. The van der Waals surface area contributed by atoms with E-state index in [9.17, 15) is 26.4 Å². The number of sulfonamides is 1. The third-order valence-corrected chi connectivity index (χ3v) is 11.2. The maximum atomic E-state index is 13.8. The fourth-order valence-electron chi connectivity index (χ4n) is 5.47. The monoisotopic (exact) mass is 739 g/mol. The first kappa shape index (κ1) is 37.9. The predicted octanol–water partition coefficient (Wildman–Crippen LogP) is 6.30. The Hall–Kier alpha value is -5.30. The summed E-state index contributed by atoms with van der Waals surface area (Å²) in [5, 5.41) is 8.36. The second-order valence-electron chi connectivity index (χ2n) is 12.2. The normalized spacial score (nSPS) is 13.0. The molecule has 0 aromatic heterocycles. The topological polar surface area (TPSA) is 148 Å². The maximum Gasteiger partial charge on any atom is 0.408 e. The Bertz CT molecular complexity index is 2180. The van der Waals surface area contributed by atoms with Crippen molar-refractivity contribution in [2.24, 2.45) is 0 Å². The van der Waals surface area contributed by atoms with Crippen LogP contribution in [0.5, 0.6) is 0 Å². The molecule has 0 aliphatic heterocycles. The SMILES string of the molecule is O=C(N[C@@H](Cc1ccccc1)C(=O)N[C@H](/C=C/S(=O)(=O)c1ccccc1)CCCCNS(=O)(=O)c1ccc2ccccc2c1)OCc1ccccc1. The second-order valence-corrected chi connectivity index (χ2v) is 15.8. The van der Waals surface area contributed by atoms with Gasteiger partial charge in [-0.3, -0.25) is 4.79 Å². The quantitative estimate of drug-likeness (QED) is 0.0949. The summed E-state index contributed by atoms with van der Waals surface area (Å²) in [6, 6.07) is 36.8. The summed E-state index contributed by atoms with van der Waals surface area (Å²) in [7, 11) is -7.60. The Morgan fingerprint density at radius 3 is 1.96 bits per heavy atom. The van der Waals surface area contributed by atoms with Crippen LogP contribution >= 0.6 is 0 Å². The number of amides is 2. The summed E-state index contributed by atoms with van der Waals surface area (Å²) in [5.74, 6) is -0.538. The summed E-state index contributed by atoms with van der Waals surface area (Å²) < 4.78 is 60.2. The molecule has 0 heterocycles. The molecule has 2 amide bonds. The van der Waals surface area contributed by atoms with Gasteiger partial charge in [0.2, 0.25) is 15.9 Å². The van der Waals surface area contributed by atoms with Crippen LogP contribution in [0.4, 0.5) is 4.79 Å². The van der Waals surface area contributed by atoms with Gasteiger partial charge in [-0.1, -0.05) is 115 Å². The third kappa shape index (κ3) is 11.4. The number of hydrogen-bond acceptors (Lipinski definition) is 7. The first-order valence-corrected chi connectivity index (χ1v) is 19.9. The molecule has 270 valence electrons. The van der Waals surface area contributed by atoms with Gasteiger partial charge < -0.3 is 15.4 Å². The predicted molar refractivity (Wildman–Crippen MR) is 201 cm³/mol. The van der Waals surface area contributed by atoms with Crippen molar-refractivity contribution >= 4 is 42.6 Å². The number of alkyl carbamates (subject to hydrolysis) is 1. The van der Waals surface area contributed by atoms with Crippen LogP contribution in [-0.4, -0.2) is 47.5 Å². The van der Waals surface area contributed by atoms with Crippen LogP contribution in [0.3, 0.4) is 0 Å². The first-order valence-electron chi connectivity index (χ1n) is 16.9. The zero-order valence-corrected chi connectivity index (χ0v) is 30.1. The van der Waals surface area contributed by atoms with E-state index in [2.05, 4.69) is 15.4 Å². The number of ether oxygens (including phenoxy) is 1. The standard InChI is InChI=1S/C40H41N3O7S2/c44-39(38(28-31-14-4-1-5-15-31)43-40(45)50-30-32-16-6-2-7-17-32)42-35(25-27-51(46,47)36-21-8-3-9-22-36)20-12-13-26-41-52(48,49)37-24-23-33-18-10-11-19-34(33)29-37/h1-11,14-19,21-25,27,29,35,38,41H,12-13,20,26,28,30H2,(H,42,44)(H,43,45)/b27-25+/t35-,38-/m0/s1. The molecule has 0 bridgehead atoms. The van der Waals surface area contributed by atoms with Crippen LogP contribution in [0.15, 0.2) is 155 Å². The van der Waals surface area contributed by atoms with Crippen molar-refractivity contribution in [1.29, 1.82) is 0 Å². The van der Waals surface area contributed by atoms with E-state index >= 15 is 0 Å². The highest BCUT2D eigenvalue weighted by Gasteiger charge is 2.24. The van der Waals surface area contributed by atoms with E-state index in [0.29, 0.717) is 19.3 Å². The van der Waals surface area contributed by atoms with Crippen molar-refractivity contribution < 1.29 is 31.2 Å². The number of nitrogens with one attached hydrogen (secondary N) is 3. The lowest BCUT2D eigenvalue weighted by atomic mass is 10.0. The molecule has 2 atom stereocenters. The first-order chi connectivity index (χ1) is 25.1. The van der Waals surface area contributed by atoms with Gasteiger partial charge >= 0.3 is 6.09 Å². The van der Waals surface area contributed by atoms with Gasteiger partial charge in [0.1, 0.15) is 12.6 Å². The molecule has 0 radical (unpaired) electrons. The van der Waals surface area contributed by atoms with E-state index in [1.807, 2.05) is 84.9 Å². The lowest BCUT2D eigenvalue weighted by Gasteiger charge is -2.22. The summed E-state index contributed by atoms with van der Waals surface area (Å²) in [6.07, 6.45) is 1.93. The van der Waals surface area contributed by atoms with Crippen molar-refractivity contribution in [3.05, 3.63) is 156 Å². The van der Waals surface area contributed by atoms with E-state index in [4.69, 9.17) is 4.74 Å². The highest BCUT2D eigenvalue weighted by molar-refractivity contribution is 7.94. The van der Waals surface area contributed by atoms with E-state index < -0.39 is 43.9 Å². The van der Waals surface area contributed by atoms with Gasteiger partial charge in [0.25, 0.3) is 0 Å². The van der Waals surface area contributed by atoms with Gasteiger partial charge in [0.15, 0.2) is 9.84 Å². The second kappa shape index (κ2) is 18.3. The zero-order chi connectivity index (χ0) is 36.8. The van der Waals surface area contributed by atoms with Crippen molar-refractivity contribution in [2.45, 2.75) is 54.2 Å². The van der Waals surface area contributed by atoms with Crippen LogP contribution < -0.4 is 15.4 Å². The molecule has 5 aromatic carbocycles. The molecular formula is C40H41N3O7S2.